The minimum Gasteiger partial charge on any atom is -0.399 e. The monoisotopic (exact) mass is 277 g/mol. The summed E-state index contributed by atoms with van der Waals surface area (Å²) < 4.78 is 1.83. The normalized spacial score (nSPS) is 11.2. The molecule has 0 bridgehead atoms. The Morgan fingerprint density at radius 3 is 3.00 bits per heavy atom. The smallest absolute Gasteiger partial charge is 0.276 e. The molecule has 4 aromatic rings. The molecule has 3 aromatic heterocycles. The second-order valence-corrected chi connectivity index (χ2v) is 4.76. The van der Waals surface area contributed by atoms with Gasteiger partial charge in [-0.3, -0.25) is 9.20 Å². The summed E-state index contributed by atoms with van der Waals surface area (Å²) in [6, 6.07) is 10.9. The molecule has 6 heteroatoms. The van der Waals surface area contributed by atoms with Gasteiger partial charge in [0.2, 0.25) is 0 Å². The van der Waals surface area contributed by atoms with Crippen LogP contribution in [0.15, 0.2) is 53.6 Å². The Bertz CT molecular complexity index is 1030. The molecule has 0 saturated carbocycles. The van der Waals surface area contributed by atoms with Crippen LogP contribution in [0.4, 0.5) is 5.69 Å². The van der Waals surface area contributed by atoms with E-state index in [1.165, 1.54) is 0 Å². The van der Waals surface area contributed by atoms with E-state index in [4.69, 9.17) is 5.73 Å². The summed E-state index contributed by atoms with van der Waals surface area (Å²) in [7, 11) is 0. The van der Waals surface area contributed by atoms with Gasteiger partial charge in [-0.15, -0.1) is 0 Å². The number of fused-ring (bicyclic) bond motifs is 2. The van der Waals surface area contributed by atoms with Gasteiger partial charge in [0, 0.05) is 11.9 Å². The van der Waals surface area contributed by atoms with E-state index in [1.807, 2.05) is 28.8 Å². The Balaban J connectivity index is 2.04. The molecule has 0 aliphatic rings. The summed E-state index contributed by atoms with van der Waals surface area (Å²) in [5.74, 6) is 0. The van der Waals surface area contributed by atoms with E-state index in [1.54, 1.807) is 24.4 Å². The van der Waals surface area contributed by atoms with Gasteiger partial charge in [-0.25, -0.2) is 9.97 Å². The Morgan fingerprint density at radius 1 is 1.19 bits per heavy atom. The van der Waals surface area contributed by atoms with E-state index < -0.39 is 0 Å². The largest absolute Gasteiger partial charge is 0.399 e. The topological polar surface area (TPSA) is 89.1 Å². The summed E-state index contributed by atoms with van der Waals surface area (Å²) in [6.07, 6.45) is 3.50. The third-order valence-electron chi connectivity index (χ3n) is 3.38. The number of aromatic nitrogens is 4. The van der Waals surface area contributed by atoms with E-state index in [0.29, 0.717) is 28.1 Å². The number of nitrogens with zero attached hydrogens (tertiary/aromatic N) is 3. The first-order valence-electron chi connectivity index (χ1n) is 6.44. The molecule has 0 aliphatic heterocycles. The van der Waals surface area contributed by atoms with E-state index >= 15 is 0 Å². The molecule has 3 heterocycles. The van der Waals surface area contributed by atoms with Crippen LogP contribution in [-0.4, -0.2) is 19.4 Å². The van der Waals surface area contributed by atoms with Crippen LogP contribution in [0, 0.1) is 0 Å². The SMILES string of the molecule is Nc1ccc2nc(-c3cnc4ccccn34)c(=O)[nH]c2c1. The number of nitrogens with one attached hydrogen (secondary N) is 1. The van der Waals surface area contributed by atoms with E-state index in [2.05, 4.69) is 15.0 Å². The number of rotatable bonds is 1. The van der Waals surface area contributed by atoms with Crippen molar-refractivity contribution in [2.75, 3.05) is 5.73 Å². The third-order valence-corrected chi connectivity index (χ3v) is 3.38. The zero-order chi connectivity index (χ0) is 14.4. The van der Waals surface area contributed by atoms with Crippen LogP contribution in [0.3, 0.4) is 0 Å². The minimum absolute atomic E-state index is 0.265. The molecule has 102 valence electrons. The van der Waals surface area contributed by atoms with Crippen molar-refractivity contribution in [2.45, 2.75) is 0 Å². The number of H-pyrrole nitrogens is 1. The first kappa shape index (κ1) is 11.7. The lowest BCUT2D eigenvalue weighted by Gasteiger charge is -2.03. The van der Waals surface area contributed by atoms with Crippen molar-refractivity contribution < 1.29 is 0 Å². The van der Waals surface area contributed by atoms with Crippen molar-refractivity contribution in [3.8, 4) is 11.4 Å². The number of nitrogens with two attached hydrogens (primary N) is 1. The number of aromatic amines is 1. The fourth-order valence-electron chi connectivity index (χ4n) is 2.39. The highest BCUT2D eigenvalue weighted by molar-refractivity contribution is 5.79. The number of benzene rings is 1. The number of hydrogen-bond donors (Lipinski definition) is 2. The predicted octanol–water partition coefficient (Wildman–Crippen LogP) is 1.82. The summed E-state index contributed by atoms with van der Waals surface area (Å²) >= 11 is 0. The van der Waals surface area contributed by atoms with E-state index in [0.717, 1.165) is 5.65 Å². The van der Waals surface area contributed by atoms with Crippen LogP contribution in [0.25, 0.3) is 28.1 Å². The van der Waals surface area contributed by atoms with Gasteiger partial charge in [0.25, 0.3) is 5.56 Å². The fraction of sp³-hybridized carbons (Fsp3) is 0. The molecule has 0 saturated heterocycles. The maximum absolute atomic E-state index is 12.3. The Labute approximate surface area is 118 Å². The van der Waals surface area contributed by atoms with E-state index in [-0.39, 0.29) is 5.56 Å². The number of nitrogen functional groups attached to an aromatic ring is 1. The molecule has 0 atom stereocenters. The lowest BCUT2D eigenvalue weighted by molar-refractivity contribution is 1.14. The minimum atomic E-state index is -0.265. The zero-order valence-corrected chi connectivity index (χ0v) is 10.9. The van der Waals surface area contributed by atoms with E-state index in [9.17, 15) is 4.79 Å². The second-order valence-electron chi connectivity index (χ2n) is 4.76. The van der Waals surface area contributed by atoms with Crippen molar-refractivity contribution in [1.29, 1.82) is 0 Å². The molecule has 0 spiro atoms. The molecule has 6 nitrogen and oxygen atoms in total. The molecule has 0 unspecified atom stereocenters. The van der Waals surface area contributed by atoms with Gasteiger partial charge in [-0.1, -0.05) is 6.07 Å². The van der Waals surface area contributed by atoms with Gasteiger partial charge in [0.05, 0.1) is 22.9 Å². The molecular weight excluding hydrogens is 266 g/mol. The van der Waals surface area contributed by atoms with Crippen molar-refractivity contribution in [3.63, 3.8) is 0 Å². The third kappa shape index (κ3) is 1.77. The van der Waals surface area contributed by atoms with Crippen molar-refractivity contribution in [3.05, 3.63) is 59.1 Å². The van der Waals surface area contributed by atoms with Gasteiger partial charge < -0.3 is 10.7 Å². The lowest BCUT2D eigenvalue weighted by Crippen LogP contribution is -2.12. The maximum atomic E-state index is 12.3. The quantitative estimate of drug-likeness (QED) is 0.519. The summed E-state index contributed by atoms with van der Waals surface area (Å²) in [6.45, 7) is 0. The average molecular weight is 277 g/mol. The number of hydrogen-bond acceptors (Lipinski definition) is 4. The van der Waals surface area contributed by atoms with Crippen LogP contribution < -0.4 is 11.3 Å². The molecular formula is C15H11N5O. The first-order chi connectivity index (χ1) is 10.2. The Kier molecular flexibility index (Phi) is 2.32. The zero-order valence-electron chi connectivity index (χ0n) is 10.9. The van der Waals surface area contributed by atoms with Crippen molar-refractivity contribution in [1.82, 2.24) is 19.4 Å². The highest BCUT2D eigenvalue weighted by Gasteiger charge is 2.12. The number of pyridine rings is 1. The first-order valence-corrected chi connectivity index (χ1v) is 6.44. The fourth-order valence-corrected chi connectivity index (χ4v) is 2.39. The number of imidazole rings is 1. The highest BCUT2D eigenvalue weighted by Crippen LogP contribution is 2.18. The second kappa shape index (κ2) is 4.17. The standard InChI is InChI=1S/C15H11N5O/c16-9-4-5-10-11(7-9)19-15(21)14(18-10)12-8-17-13-3-1-2-6-20(12)13/h1-8H,16H2,(H,19,21). The molecule has 0 amide bonds. The Hall–Kier alpha value is -3.15. The van der Waals surface area contributed by atoms with Gasteiger partial charge in [-0.05, 0) is 30.3 Å². The molecule has 21 heavy (non-hydrogen) atoms. The molecule has 3 N–H and O–H groups in total. The van der Waals surface area contributed by atoms with Crippen LogP contribution >= 0.6 is 0 Å². The summed E-state index contributed by atoms with van der Waals surface area (Å²) in [5, 5.41) is 0. The Morgan fingerprint density at radius 2 is 2.10 bits per heavy atom. The summed E-state index contributed by atoms with van der Waals surface area (Å²) in [4.78, 5) is 23.8. The van der Waals surface area contributed by atoms with Crippen LogP contribution in [0.5, 0.6) is 0 Å². The van der Waals surface area contributed by atoms with Gasteiger partial charge in [-0.2, -0.15) is 0 Å². The summed E-state index contributed by atoms with van der Waals surface area (Å²) in [5.41, 5.74) is 9.11. The molecule has 0 aliphatic carbocycles. The van der Waals surface area contributed by atoms with Gasteiger partial charge in [0.1, 0.15) is 5.65 Å². The van der Waals surface area contributed by atoms with Gasteiger partial charge >= 0.3 is 0 Å². The van der Waals surface area contributed by atoms with Crippen LogP contribution in [0.2, 0.25) is 0 Å². The maximum Gasteiger partial charge on any atom is 0.276 e. The molecule has 4 rings (SSSR count). The van der Waals surface area contributed by atoms with Crippen LogP contribution in [0.1, 0.15) is 0 Å². The predicted molar refractivity (Wildman–Crippen MR) is 81.0 cm³/mol. The van der Waals surface area contributed by atoms with Crippen molar-refractivity contribution in [2.24, 2.45) is 0 Å². The highest BCUT2D eigenvalue weighted by atomic mass is 16.1. The van der Waals surface area contributed by atoms with Crippen LogP contribution in [-0.2, 0) is 0 Å². The van der Waals surface area contributed by atoms with Crippen molar-refractivity contribution >= 4 is 22.4 Å². The van der Waals surface area contributed by atoms with Gasteiger partial charge in [0.15, 0.2) is 5.69 Å². The molecule has 0 fully saturated rings. The molecule has 1 aromatic carbocycles. The average Bonchev–Trinajstić information content (AvgIpc) is 2.90. The lowest BCUT2D eigenvalue weighted by atomic mass is 10.2. The molecule has 0 radical (unpaired) electrons. The number of anilines is 1.